The summed E-state index contributed by atoms with van der Waals surface area (Å²) in [6.45, 7) is 1.79. The predicted octanol–water partition coefficient (Wildman–Crippen LogP) is 4.28. The highest BCUT2D eigenvalue weighted by atomic mass is 32.1. The lowest BCUT2D eigenvalue weighted by molar-refractivity contribution is -0.137. The van der Waals surface area contributed by atoms with Gasteiger partial charge in [-0.2, -0.15) is 18.3 Å². The number of aromatic carboxylic acids is 1. The summed E-state index contributed by atoms with van der Waals surface area (Å²) in [6, 6.07) is 4.90. The number of thiazole rings is 1. The van der Waals surface area contributed by atoms with E-state index in [9.17, 15) is 23.1 Å². The number of halogens is 3. The summed E-state index contributed by atoms with van der Waals surface area (Å²) in [5.74, 6) is -1.09. The van der Waals surface area contributed by atoms with Crippen LogP contribution in [0, 0.1) is 0 Å². The van der Waals surface area contributed by atoms with Crippen molar-refractivity contribution in [1.82, 2.24) is 14.8 Å². The highest BCUT2D eigenvalue weighted by Gasteiger charge is 2.30. The van der Waals surface area contributed by atoms with Crippen LogP contribution in [-0.4, -0.2) is 25.8 Å². The lowest BCUT2D eigenvalue weighted by atomic mass is 10.1. The molecule has 2 aromatic heterocycles. The molecule has 3 aromatic rings. The van der Waals surface area contributed by atoms with Gasteiger partial charge in [-0.25, -0.2) is 14.5 Å². The number of carboxylic acid groups (broad SMARTS) is 1. The second-order valence-electron chi connectivity index (χ2n) is 5.17. The molecule has 0 amide bonds. The van der Waals surface area contributed by atoms with E-state index in [4.69, 9.17) is 0 Å². The van der Waals surface area contributed by atoms with Crippen LogP contribution in [-0.2, 0) is 12.6 Å². The third-order valence-electron chi connectivity index (χ3n) is 3.59. The summed E-state index contributed by atoms with van der Waals surface area (Å²) in [5, 5.41) is 15.2. The normalized spacial score (nSPS) is 11.7. The number of aromatic nitrogens is 3. The Balaban J connectivity index is 2.01. The van der Waals surface area contributed by atoms with E-state index >= 15 is 0 Å². The van der Waals surface area contributed by atoms with Crippen LogP contribution in [0.25, 0.3) is 16.4 Å². The third-order valence-corrected chi connectivity index (χ3v) is 4.41. The van der Waals surface area contributed by atoms with E-state index in [-0.39, 0.29) is 5.56 Å². The molecular formula is C16H12F3N3O2S. The number of hydrogen-bond acceptors (Lipinski definition) is 4. The molecule has 130 valence electrons. The van der Waals surface area contributed by atoms with E-state index in [0.717, 1.165) is 12.1 Å². The number of hydrogen-bond donors (Lipinski definition) is 1. The fourth-order valence-electron chi connectivity index (χ4n) is 2.41. The van der Waals surface area contributed by atoms with Crippen LogP contribution in [0.2, 0.25) is 0 Å². The summed E-state index contributed by atoms with van der Waals surface area (Å²) in [4.78, 5) is 15.5. The summed E-state index contributed by atoms with van der Waals surface area (Å²) in [7, 11) is 0. The maximum Gasteiger partial charge on any atom is 0.416 e. The van der Waals surface area contributed by atoms with Crippen molar-refractivity contribution >= 4 is 17.3 Å². The first-order chi connectivity index (χ1) is 11.8. The molecular weight excluding hydrogens is 355 g/mol. The average molecular weight is 367 g/mol. The topological polar surface area (TPSA) is 68.0 Å². The van der Waals surface area contributed by atoms with E-state index in [0.29, 0.717) is 28.5 Å². The van der Waals surface area contributed by atoms with Crippen LogP contribution < -0.4 is 0 Å². The van der Waals surface area contributed by atoms with Crippen molar-refractivity contribution in [3.63, 3.8) is 0 Å². The number of carbonyl (C=O) groups is 1. The van der Waals surface area contributed by atoms with Crippen molar-refractivity contribution in [2.45, 2.75) is 19.5 Å². The molecule has 5 nitrogen and oxygen atoms in total. The molecule has 0 radical (unpaired) electrons. The minimum Gasteiger partial charge on any atom is -0.478 e. The lowest BCUT2D eigenvalue weighted by Gasteiger charge is -2.07. The van der Waals surface area contributed by atoms with Crippen molar-refractivity contribution in [3.05, 3.63) is 52.7 Å². The molecule has 0 spiro atoms. The van der Waals surface area contributed by atoms with Crippen LogP contribution in [0.15, 0.2) is 35.8 Å². The Morgan fingerprint density at radius 1 is 1.36 bits per heavy atom. The maximum atomic E-state index is 12.8. The molecule has 0 fully saturated rings. The summed E-state index contributed by atoms with van der Waals surface area (Å²) in [5.41, 5.74) is 0.526. The van der Waals surface area contributed by atoms with E-state index in [1.807, 2.05) is 0 Å². The standard InChI is InChI=1S/C16H12F3N3O2S/c1-2-13-11(14(23)24)7-20-22(13)15-21-12(8-25-15)9-4-3-5-10(6-9)16(17,18)19/h3-8H,2H2,1H3,(H,23,24). The molecule has 2 heterocycles. The molecule has 0 atom stereocenters. The van der Waals surface area contributed by atoms with Gasteiger partial charge in [-0.1, -0.05) is 19.1 Å². The Hall–Kier alpha value is -2.68. The number of alkyl halides is 3. The monoisotopic (exact) mass is 367 g/mol. The number of benzene rings is 1. The molecule has 1 N–H and O–H groups in total. The highest BCUT2D eigenvalue weighted by molar-refractivity contribution is 7.12. The van der Waals surface area contributed by atoms with Crippen LogP contribution in [0.4, 0.5) is 13.2 Å². The van der Waals surface area contributed by atoms with Gasteiger partial charge in [0.25, 0.3) is 0 Å². The Morgan fingerprint density at radius 2 is 2.12 bits per heavy atom. The fraction of sp³-hybridized carbons (Fsp3) is 0.188. The summed E-state index contributed by atoms with van der Waals surface area (Å²) >= 11 is 1.18. The summed E-state index contributed by atoms with van der Waals surface area (Å²) in [6.07, 6.45) is -2.75. The van der Waals surface area contributed by atoms with E-state index in [1.54, 1.807) is 18.4 Å². The molecule has 9 heteroatoms. The first-order valence-corrected chi connectivity index (χ1v) is 8.13. The van der Waals surface area contributed by atoms with Crippen LogP contribution in [0.5, 0.6) is 0 Å². The van der Waals surface area contributed by atoms with E-state index in [1.165, 1.54) is 28.3 Å². The van der Waals surface area contributed by atoms with Gasteiger partial charge in [-0.15, -0.1) is 11.3 Å². The Kier molecular flexibility index (Phi) is 4.34. The lowest BCUT2D eigenvalue weighted by Crippen LogP contribution is -2.05. The van der Waals surface area contributed by atoms with Gasteiger partial charge in [0, 0.05) is 10.9 Å². The molecule has 0 aliphatic heterocycles. The van der Waals surface area contributed by atoms with Crippen LogP contribution >= 0.6 is 11.3 Å². The number of rotatable bonds is 4. The predicted molar refractivity (Wildman–Crippen MR) is 86.0 cm³/mol. The molecule has 25 heavy (non-hydrogen) atoms. The zero-order valence-electron chi connectivity index (χ0n) is 12.9. The van der Waals surface area contributed by atoms with Gasteiger partial charge in [0.05, 0.1) is 23.1 Å². The molecule has 0 saturated carbocycles. The van der Waals surface area contributed by atoms with E-state index < -0.39 is 17.7 Å². The quantitative estimate of drug-likeness (QED) is 0.748. The fourth-order valence-corrected chi connectivity index (χ4v) is 3.22. The molecule has 0 saturated heterocycles. The second kappa shape index (κ2) is 6.32. The number of nitrogens with zero attached hydrogens (tertiary/aromatic N) is 3. The van der Waals surface area contributed by atoms with Gasteiger partial charge >= 0.3 is 12.1 Å². The van der Waals surface area contributed by atoms with Crippen LogP contribution in [0.3, 0.4) is 0 Å². The SMILES string of the molecule is CCc1c(C(=O)O)cnn1-c1nc(-c2cccc(C(F)(F)F)c2)cs1. The van der Waals surface area contributed by atoms with Gasteiger partial charge in [0.1, 0.15) is 5.56 Å². The highest BCUT2D eigenvalue weighted by Crippen LogP contribution is 2.33. The zero-order chi connectivity index (χ0) is 18.2. The van der Waals surface area contributed by atoms with Gasteiger partial charge in [0.15, 0.2) is 0 Å². The Morgan fingerprint density at radius 3 is 2.76 bits per heavy atom. The molecule has 1 aromatic carbocycles. The van der Waals surface area contributed by atoms with Crippen molar-refractivity contribution < 1.29 is 23.1 Å². The summed E-state index contributed by atoms with van der Waals surface area (Å²) < 4.78 is 39.9. The molecule has 0 unspecified atom stereocenters. The first kappa shape index (κ1) is 17.2. The van der Waals surface area contributed by atoms with Gasteiger partial charge in [0.2, 0.25) is 5.13 Å². The molecule has 0 aliphatic carbocycles. The number of carboxylic acids is 1. The van der Waals surface area contributed by atoms with Crippen LogP contribution in [0.1, 0.15) is 28.5 Å². The van der Waals surface area contributed by atoms with E-state index in [2.05, 4.69) is 10.1 Å². The van der Waals surface area contributed by atoms with Crippen molar-refractivity contribution in [2.75, 3.05) is 0 Å². The van der Waals surface area contributed by atoms with Crippen molar-refractivity contribution in [3.8, 4) is 16.4 Å². The second-order valence-corrected chi connectivity index (χ2v) is 6.01. The largest absolute Gasteiger partial charge is 0.478 e. The molecule has 0 bridgehead atoms. The Labute approximate surface area is 144 Å². The van der Waals surface area contributed by atoms with Gasteiger partial charge in [-0.05, 0) is 18.6 Å². The average Bonchev–Trinajstić information content (AvgIpc) is 3.20. The maximum absolute atomic E-state index is 12.8. The van der Waals surface area contributed by atoms with Crippen molar-refractivity contribution in [1.29, 1.82) is 0 Å². The van der Waals surface area contributed by atoms with Gasteiger partial charge < -0.3 is 5.11 Å². The molecule has 0 aliphatic rings. The zero-order valence-corrected chi connectivity index (χ0v) is 13.7. The molecule has 3 rings (SSSR count). The minimum atomic E-state index is -4.43. The smallest absolute Gasteiger partial charge is 0.416 e. The first-order valence-electron chi connectivity index (χ1n) is 7.25. The minimum absolute atomic E-state index is 0.0818. The Bertz CT molecular complexity index is 931. The van der Waals surface area contributed by atoms with Gasteiger partial charge in [-0.3, -0.25) is 0 Å². The van der Waals surface area contributed by atoms with Crippen molar-refractivity contribution in [2.24, 2.45) is 0 Å². The third kappa shape index (κ3) is 3.27.